The number of halogens is 1. The molecular weight excluding hydrogens is 418 g/mol. The topological polar surface area (TPSA) is 72.0 Å². The fraction of sp³-hybridized carbons (Fsp3) is 0.364. The second-order valence-corrected chi connectivity index (χ2v) is 8.81. The summed E-state index contributed by atoms with van der Waals surface area (Å²) >= 11 is 3.76. The van der Waals surface area contributed by atoms with Crippen LogP contribution < -0.4 is 5.32 Å². The molecule has 2 aromatic rings. The molecule has 4 rings (SSSR count). The van der Waals surface area contributed by atoms with E-state index in [-0.39, 0.29) is 29.6 Å². The van der Waals surface area contributed by atoms with E-state index in [9.17, 15) is 9.59 Å². The third-order valence-electron chi connectivity index (χ3n) is 5.78. The average molecular weight is 440 g/mol. The molecule has 6 heteroatoms. The molecule has 5 nitrogen and oxygen atoms in total. The van der Waals surface area contributed by atoms with Crippen LogP contribution in [0.1, 0.15) is 36.3 Å². The summed E-state index contributed by atoms with van der Waals surface area (Å²) in [6.07, 6.45) is 10.8. The molecular formula is C22H22BrN3O2. The number of hydrogen-bond acceptors (Lipinski definition) is 4. The summed E-state index contributed by atoms with van der Waals surface area (Å²) < 4.78 is 0. The summed E-state index contributed by atoms with van der Waals surface area (Å²) in [6.45, 7) is 0. The Hall–Kier alpha value is -2.34. The van der Waals surface area contributed by atoms with Crippen LogP contribution in [0.5, 0.6) is 0 Å². The Morgan fingerprint density at radius 3 is 2.64 bits per heavy atom. The number of amides is 1. The highest BCUT2D eigenvalue weighted by atomic mass is 79.9. The van der Waals surface area contributed by atoms with Crippen LogP contribution in [0.4, 0.5) is 0 Å². The third-order valence-corrected chi connectivity index (χ3v) is 6.61. The molecule has 2 heterocycles. The normalized spacial score (nSPS) is 29.9. The van der Waals surface area contributed by atoms with E-state index in [4.69, 9.17) is 0 Å². The highest BCUT2D eigenvalue weighted by Gasteiger charge is 2.48. The van der Waals surface area contributed by atoms with Crippen LogP contribution in [0.3, 0.4) is 0 Å². The lowest BCUT2D eigenvalue weighted by atomic mass is 9.64. The van der Waals surface area contributed by atoms with Gasteiger partial charge in [-0.2, -0.15) is 0 Å². The van der Waals surface area contributed by atoms with Crippen molar-refractivity contribution in [2.45, 2.75) is 36.0 Å². The van der Waals surface area contributed by atoms with Gasteiger partial charge in [0, 0.05) is 34.7 Å². The number of carbonyl (C=O) groups excluding carboxylic acids is 2. The molecule has 144 valence electrons. The Morgan fingerprint density at radius 1 is 1.14 bits per heavy atom. The van der Waals surface area contributed by atoms with Gasteiger partial charge < -0.3 is 5.32 Å². The number of nitrogens with zero attached hydrogens (tertiary/aromatic N) is 2. The Morgan fingerprint density at radius 2 is 1.89 bits per heavy atom. The van der Waals surface area contributed by atoms with Crippen molar-refractivity contribution in [3.8, 4) is 0 Å². The summed E-state index contributed by atoms with van der Waals surface area (Å²) in [6, 6.07) is 10.1. The van der Waals surface area contributed by atoms with Crippen molar-refractivity contribution < 1.29 is 9.59 Å². The predicted molar refractivity (Wildman–Crippen MR) is 111 cm³/mol. The van der Waals surface area contributed by atoms with Gasteiger partial charge in [0.15, 0.2) is 5.78 Å². The van der Waals surface area contributed by atoms with E-state index in [1.165, 1.54) is 12.4 Å². The van der Waals surface area contributed by atoms with Crippen molar-refractivity contribution in [3.63, 3.8) is 0 Å². The van der Waals surface area contributed by atoms with Gasteiger partial charge in [-0.1, -0.05) is 46.3 Å². The van der Waals surface area contributed by atoms with Gasteiger partial charge in [-0.25, -0.2) is 9.97 Å². The minimum absolute atomic E-state index is 0.121. The minimum atomic E-state index is -0.720. The number of piperidine rings is 1. The number of carbonyl (C=O) groups is 2. The first-order valence-electron chi connectivity index (χ1n) is 9.60. The average Bonchev–Trinajstić information content (AvgIpc) is 2.73. The van der Waals surface area contributed by atoms with Crippen molar-refractivity contribution in [3.05, 3.63) is 66.3 Å². The maximum absolute atomic E-state index is 13.1. The molecule has 2 fully saturated rings. The van der Waals surface area contributed by atoms with Crippen LogP contribution in [0.15, 0.2) is 55.1 Å². The molecule has 1 amide bonds. The quantitative estimate of drug-likeness (QED) is 0.449. The highest BCUT2D eigenvalue weighted by Crippen LogP contribution is 2.45. The molecule has 5 unspecified atom stereocenters. The van der Waals surface area contributed by atoms with Crippen LogP contribution in [0, 0.1) is 11.8 Å². The summed E-state index contributed by atoms with van der Waals surface area (Å²) in [5.41, 5.74) is 1.79. The van der Waals surface area contributed by atoms with Gasteiger partial charge in [-0.15, -0.1) is 0 Å². The van der Waals surface area contributed by atoms with Crippen LogP contribution in [0.25, 0.3) is 6.08 Å². The molecule has 0 bridgehead atoms. The lowest BCUT2D eigenvalue weighted by molar-refractivity contribution is -0.137. The molecule has 5 atom stereocenters. The van der Waals surface area contributed by atoms with Crippen molar-refractivity contribution >= 4 is 33.7 Å². The van der Waals surface area contributed by atoms with Gasteiger partial charge in [-0.05, 0) is 42.9 Å². The number of alkyl halides is 1. The number of hydrogen-bond donors (Lipinski definition) is 1. The van der Waals surface area contributed by atoms with Crippen molar-refractivity contribution in [1.29, 1.82) is 0 Å². The monoisotopic (exact) mass is 439 g/mol. The second-order valence-electron chi connectivity index (χ2n) is 7.51. The molecule has 1 saturated carbocycles. The zero-order chi connectivity index (χ0) is 19.5. The molecule has 2 aliphatic rings. The summed E-state index contributed by atoms with van der Waals surface area (Å²) in [4.78, 5) is 34.4. The molecule has 1 aromatic heterocycles. The van der Waals surface area contributed by atoms with E-state index in [1.54, 1.807) is 18.5 Å². The van der Waals surface area contributed by atoms with Crippen LogP contribution in [-0.2, 0) is 9.59 Å². The smallest absolute Gasteiger partial charge is 0.231 e. The van der Waals surface area contributed by atoms with Gasteiger partial charge >= 0.3 is 0 Å². The number of ketones is 1. The van der Waals surface area contributed by atoms with Crippen LogP contribution in [0.2, 0.25) is 0 Å². The highest BCUT2D eigenvalue weighted by molar-refractivity contribution is 9.09. The Balaban J connectivity index is 1.67. The van der Waals surface area contributed by atoms with Crippen molar-refractivity contribution in [2.24, 2.45) is 11.8 Å². The molecule has 1 aliphatic heterocycles. The van der Waals surface area contributed by atoms with E-state index >= 15 is 0 Å². The largest absolute Gasteiger partial charge is 0.352 e. The molecule has 0 radical (unpaired) electrons. The Labute approximate surface area is 172 Å². The lowest BCUT2D eigenvalue weighted by Gasteiger charge is -2.46. The van der Waals surface area contributed by atoms with E-state index < -0.39 is 5.92 Å². The first-order valence-corrected chi connectivity index (χ1v) is 10.5. The SMILES string of the molecule is O=C(/C=C/c1cncnc1)C1C(=O)NC2CCC(Br)CC2C1c1ccccc1. The fourth-order valence-corrected chi connectivity index (χ4v) is 5.21. The van der Waals surface area contributed by atoms with Crippen LogP contribution in [-0.4, -0.2) is 32.5 Å². The van der Waals surface area contributed by atoms with Gasteiger partial charge in [0.25, 0.3) is 0 Å². The third kappa shape index (κ3) is 3.92. The van der Waals surface area contributed by atoms with E-state index in [0.717, 1.165) is 30.4 Å². The summed E-state index contributed by atoms with van der Waals surface area (Å²) in [5.74, 6) is -0.945. The minimum Gasteiger partial charge on any atom is -0.352 e. The molecule has 1 saturated heterocycles. The number of aromatic nitrogens is 2. The molecule has 1 aliphatic carbocycles. The maximum atomic E-state index is 13.1. The first-order chi connectivity index (χ1) is 13.6. The Kier molecular flexibility index (Phi) is 5.67. The Bertz CT molecular complexity index is 872. The number of nitrogens with one attached hydrogen (secondary N) is 1. The maximum Gasteiger partial charge on any atom is 0.231 e. The van der Waals surface area contributed by atoms with E-state index in [2.05, 4.69) is 31.2 Å². The van der Waals surface area contributed by atoms with Gasteiger partial charge in [0.1, 0.15) is 12.2 Å². The second kappa shape index (κ2) is 8.35. The fourth-order valence-electron chi connectivity index (χ4n) is 4.51. The van der Waals surface area contributed by atoms with Crippen LogP contribution >= 0.6 is 15.9 Å². The number of rotatable bonds is 4. The van der Waals surface area contributed by atoms with E-state index in [1.807, 2.05) is 30.3 Å². The number of allylic oxidation sites excluding steroid dienone is 1. The standard InChI is InChI=1S/C22H22BrN3O2/c23-16-7-8-18-17(10-16)20(15-4-2-1-3-5-15)21(22(28)26-18)19(27)9-6-14-11-24-13-25-12-14/h1-6,9,11-13,16-18,20-21H,7-8,10H2,(H,26,28)/b9-6+. The van der Waals surface area contributed by atoms with Gasteiger partial charge in [0.05, 0.1) is 0 Å². The zero-order valence-corrected chi connectivity index (χ0v) is 17.0. The summed E-state index contributed by atoms with van der Waals surface area (Å²) in [5, 5.41) is 3.13. The first kappa shape index (κ1) is 19.0. The zero-order valence-electron chi connectivity index (χ0n) is 15.4. The van der Waals surface area contributed by atoms with Gasteiger partial charge in [-0.3, -0.25) is 9.59 Å². The molecule has 1 N–H and O–H groups in total. The molecule has 0 spiro atoms. The molecule has 1 aromatic carbocycles. The number of benzene rings is 1. The number of fused-ring (bicyclic) bond motifs is 1. The summed E-state index contributed by atoms with van der Waals surface area (Å²) in [7, 11) is 0. The van der Waals surface area contributed by atoms with E-state index in [0.29, 0.717) is 4.83 Å². The van der Waals surface area contributed by atoms with Crippen molar-refractivity contribution in [1.82, 2.24) is 15.3 Å². The lowest BCUT2D eigenvalue weighted by Crippen LogP contribution is -2.57. The predicted octanol–water partition coefficient (Wildman–Crippen LogP) is 3.52. The van der Waals surface area contributed by atoms with Crippen molar-refractivity contribution in [2.75, 3.05) is 0 Å². The molecule has 28 heavy (non-hydrogen) atoms. The van der Waals surface area contributed by atoms with Gasteiger partial charge in [0.2, 0.25) is 5.91 Å².